The Morgan fingerprint density at radius 1 is 1.33 bits per heavy atom. The molecular formula is C13H18N4O. The molecule has 18 heavy (non-hydrogen) atoms. The molecule has 5 heteroatoms. The van der Waals surface area contributed by atoms with Crippen molar-refractivity contribution in [3.8, 4) is 0 Å². The Labute approximate surface area is 106 Å². The normalized spacial score (nSPS) is 12.6. The van der Waals surface area contributed by atoms with E-state index in [9.17, 15) is 5.11 Å². The molecule has 0 saturated heterocycles. The molecular weight excluding hydrogens is 228 g/mol. The van der Waals surface area contributed by atoms with Crippen molar-refractivity contribution in [1.29, 1.82) is 0 Å². The largest absolute Gasteiger partial charge is 0.395 e. The first-order valence-electron chi connectivity index (χ1n) is 6.01. The molecule has 2 aromatic rings. The van der Waals surface area contributed by atoms with E-state index in [0.29, 0.717) is 6.54 Å². The zero-order valence-electron chi connectivity index (χ0n) is 10.5. The van der Waals surface area contributed by atoms with E-state index in [-0.39, 0.29) is 12.6 Å². The number of hydrogen-bond acceptors (Lipinski definition) is 4. The highest BCUT2D eigenvalue weighted by atomic mass is 16.3. The number of nitrogens with one attached hydrogen (secondary N) is 1. The highest BCUT2D eigenvalue weighted by molar-refractivity contribution is 5.16. The third kappa shape index (κ3) is 3.38. The maximum atomic E-state index is 9.38. The van der Waals surface area contributed by atoms with E-state index < -0.39 is 0 Å². The Hall–Kier alpha value is -1.72. The molecule has 1 atom stereocenters. The van der Waals surface area contributed by atoms with Gasteiger partial charge in [0.05, 0.1) is 18.5 Å². The first-order valence-corrected chi connectivity index (χ1v) is 6.01. The molecule has 1 aromatic heterocycles. The fourth-order valence-electron chi connectivity index (χ4n) is 1.82. The lowest BCUT2D eigenvalue weighted by molar-refractivity contribution is 0.240. The second-order valence-corrected chi connectivity index (χ2v) is 4.30. The molecule has 5 nitrogen and oxygen atoms in total. The molecule has 0 bridgehead atoms. The Kier molecular flexibility index (Phi) is 4.44. The van der Waals surface area contributed by atoms with Crippen molar-refractivity contribution >= 4 is 0 Å². The van der Waals surface area contributed by atoms with Crippen LogP contribution in [0.1, 0.15) is 11.3 Å². The number of benzene rings is 1. The maximum absolute atomic E-state index is 9.38. The summed E-state index contributed by atoms with van der Waals surface area (Å²) < 4.78 is 1.73. The quantitative estimate of drug-likeness (QED) is 0.779. The van der Waals surface area contributed by atoms with E-state index in [1.54, 1.807) is 10.9 Å². The summed E-state index contributed by atoms with van der Waals surface area (Å²) in [4.78, 5) is 0. The minimum atomic E-state index is 0.0438. The van der Waals surface area contributed by atoms with E-state index in [4.69, 9.17) is 0 Å². The number of rotatable bonds is 6. The Morgan fingerprint density at radius 3 is 2.72 bits per heavy atom. The number of nitrogens with zero attached hydrogens (tertiary/aromatic N) is 3. The molecule has 2 N–H and O–H groups in total. The average Bonchev–Trinajstić information content (AvgIpc) is 2.81. The van der Waals surface area contributed by atoms with E-state index in [1.165, 1.54) is 5.56 Å². The second kappa shape index (κ2) is 6.28. The summed E-state index contributed by atoms with van der Waals surface area (Å²) in [6.07, 6.45) is 2.53. The van der Waals surface area contributed by atoms with E-state index in [0.717, 1.165) is 12.1 Å². The zero-order valence-corrected chi connectivity index (χ0v) is 10.5. The van der Waals surface area contributed by atoms with Crippen molar-refractivity contribution < 1.29 is 5.11 Å². The summed E-state index contributed by atoms with van der Waals surface area (Å²) in [5, 5.41) is 20.4. The third-order valence-corrected chi connectivity index (χ3v) is 2.93. The summed E-state index contributed by atoms with van der Waals surface area (Å²) in [6.45, 7) is 0.766. The zero-order chi connectivity index (χ0) is 12.8. The Bertz CT molecular complexity index is 469. The summed E-state index contributed by atoms with van der Waals surface area (Å²) in [5.74, 6) is 0. The second-order valence-electron chi connectivity index (χ2n) is 4.30. The summed E-state index contributed by atoms with van der Waals surface area (Å²) in [5.41, 5.74) is 2.22. The molecule has 96 valence electrons. The first kappa shape index (κ1) is 12.7. The molecule has 0 fully saturated rings. The number of aryl methyl sites for hydroxylation is 1. The van der Waals surface area contributed by atoms with Gasteiger partial charge in [-0.3, -0.25) is 4.68 Å². The van der Waals surface area contributed by atoms with Crippen LogP contribution in [0, 0.1) is 0 Å². The number of aromatic nitrogens is 3. The molecule has 1 unspecified atom stereocenters. The lowest BCUT2D eigenvalue weighted by atomic mass is 10.1. The molecule has 2 rings (SSSR count). The van der Waals surface area contributed by atoms with Crippen LogP contribution in [0.2, 0.25) is 0 Å². The van der Waals surface area contributed by atoms with Gasteiger partial charge in [0.15, 0.2) is 0 Å². The van der Waals surface area contributed by atoms with Gasteiger partial charge in [-0.1, -0.05) is 35.5 Å². The van der Waals surface area contributed by atoms with Crippen LogP contribution >= 0.6 is 0 Å². The summed E-state index contributed by atoms with van der Waals surface area (Å²) in [6, 6.07) is 10.2. The predicted octanol–water partition coefficient (Wildman–Crippen LogP) is 0.508. The lowest BCUT2D eigenvalue weighted by Crippen LogP contribution is -2.34. The topological polar surface area (TPSA) is 63.0 Å². The SMILES string of the molecule is Cn1nncc1CNC(CO)Cc1ccccc1. The minimum absolute atomic E-state index is 0.0438. The van der Waals surface area contributed by atoms with Crippen LogP contribution in [0.4, 0.5) is 0 Å². The van der Waals surface area contributed by atoms with Crippen LogP contribution in [0.15, 0.2) is 36.5 Å². The standard InChI is InChI=1S/C13H18N4O/c1-17-13(9-15-16-17)8-14-12(10-18)7-11-5-3-2-4-6-11/h2-6,9,12,14,18H,7-8,10H2,1H3. The van der Waals surface area contributed by atoms with Crippen LogP contribution in [0.3, 0.4) is 0 Å². The van der Waals surface area contributed by atoms with Crippen LogP contribution in [-0.2, 0) is 20.0 Å². The molecule has 0 saturated carbocycles. The fraction of sp³-hybridized carbons (Fsp3) is 0.385. The van der Waals surface area contributed by atoms with Gasteiger partial charge in [0.25, 0.3) is 0 Å². The maximum Gasteiger partial charge on any atom is 0.0738 e. The fourth-order valence-corrected chi connectivity index (χ4v) is 1.82. The molecule has 0 spiro atoms. The summed E-state index contributed by atoms with van der Waals surface area (Å²) >= 11 is 0. The highest BCUT2D eigenvalue weighted by Gasteiger charge is 2.09. The van der Waals surface area contributed by atoms with Crippen LogP contribution in [0.25, 0.3) is 0 Å². The molecule has 0 aliphatic rings. The Morgan fingerprint density at radius 2 is 2.11 bits per heavy atom. The molecule has 0 aliphatic carbocycles. The smallest absolute Gasteiger partial charge is 0.0738 e. The molecule has 0 radical (unpaired) electrons. The van der Waals surface area contributed by atoms with Crippen LogP contribution < -0.4 is 5.32 Å². The third-order valence-electron chi connectivity index (χ3n) is 2.93. The van der Waals surface area contributed by atoms with Gasteiger partial charge in [-0.15, -0.1) is 5.10 Å². The van der Waals surface area contributed by atoms with Gasteiger partial charge in [-0.25, -0.2) is 0 Å². The van der Waals surface area contributed by atoms with Crippen molar-refractivity contribution in [2.75, 3.05) is 6.61 Å². The van der Waals surface area contributed by atoms with Gasteiger partial charge in [0, 0.05) is 19.6 Å². The number of hydrogen-bond donors (Lipinski definition) is 2. The lowest BCUT2D eigenvalue weighted by Gasteiger charge is -2.16. The average molecular weight is 246 g/mol. The first-order chi connectivity index (χ1) is 8.79. The highest BCUT2D eigenvalue weighted by Crippen LogP contribution is 2.03. The predicted molar refractivity (Wildman–Crippen MR) is 68.9 cm³/mol. The number of aliphatic hydroxyl groups is 1. The monoisotopic (exact) mass is 246 g/mol. The summed E-state index contributed by atoms with van der Waals surface area (Å²) in [7, 11) is 1.86. The number of aliphatic hydroxyl groups excluding tert-OH is 1. The van der Waals surface area contributed by atoms with Gasteiger partial charge < -0.3 is 10.4 Å². The van der Waals surface area contributed by atoms with Crippen molar-refractivity contribution in [3.63, 3.8) is 0 Å². The molecule has 1 heterocycles. The molecule has 1 aromatic carbocycles. The molecule has 0 aliphatic heterocycles. The van der Waals surface area contributed by atoms with Gasteiger partial charge in [-0.05, 0) is 12.0 Å². The van der Waals surface area contributed by atoms with Crippen molar-refractivity contribution in [1.82, 2.24) is 20.3 Å². The van der Waals surface area contributed by atoms with Crippen molar-refractivity contribution in [3.05, 3.63) is 47.8 Å². The van der Waals surface area contributed by atoms with Gasteiger partial charge in [-0.2, -0.15) is 0 Å². The van der Waals surface area contributed by atoms with E-state index in [2.05, 4.69) is 27.8 Å². The Balaban J connectivity index is 1.88. The van der Waals surface area contributed by atoms with Crippen molar-refractivity contribution in [2.24, 2.45) is 7.05 Å². The van der Waals surface area contributed by atoms with Crippen molar-refractivity contribution in [2.45, 2.75) is 19.0 Å². The molecule has 0 amide bonds. The minimum Gasteiger partial charge on any atom is -0.395 e. The van der Waals surface area contributed by atoms with E-state index >= 15 is 0 Å². The van der Waals surface area contributed by atoms with Crippen LogP contribution in [-0.4, -0.2) is 32.7 Å². The van der Waals surface area contributed by atoms with Gasteiger partial charge >= 0.3 is 0 Å². The van der Waals surface area contributed by atoms with Crippen LogP contribution in [0.5, 0.6) is 0 Å². The van der Waals surface area contributed by atoms with Gasteiger partial charge in [0.1, 0.15) is 0 Å². The van der Waals surface area contributed by atoms with Gasteiger partial charge in [0.2, 0.25) is 0 Å². The van der Waals surface area contributed by atoms with E-state index in [1.807, 2.05) is 25.2 Å².